The molecule has 0 radical (unpaired) electrons. The number of aliphatic hydroxyl groups is 2. The van der Waals surface area contributed by atoms with Gasteiger partial charge in [-0.05, 0) is 42.8 Å². The standard InChI is InChI=1S/C36H52O10Si/c1-10-47(11-2,12-3)46-28-27-21(4)24(38)19-36(41,33(27,6)7)31(44-32(40)23-16-14-13-15-17-23)29-34(8,30(28)39)25(42-9)18-26-35(29,20-43-26)45-22(5)37/h13-17,21,24-26,29,31,38,41H,10-12,18-20H2,1-9H3/b28-27+/t21?,24-,25-,26+,29-,31-,34+,35-,36+/m0/s1/i9D3. The zero-order valence-corrected chi connectivity index (χ0v) is 29.8. The molecule has 47 heavy (non-hydrogen) atoms. The van der Waals surface area contributed by atoms with Crippen molar-refractivity contribution in [1.82, 2.24) is 0 Å². The number of carbonyl (C=O) groups excluding carboxylic acids is 3. The van der Waals surface area contributed by atoms with Crippen molar-refractivity contribution in [2.45, 2.75) is 122 Å². The van der Waals surface area contributed by atoms with Crippen LogP contribution in [0.25, 0.3) is 0 Å². The van der Waals surface area contributed by atoms with Crippen molar-refractivity contribution >= 4 is 26.0 Å². The third kappa shape index (κ3) is 5.14. The van der Waals surface area contributed by atoms with Crippen LogP contribution in [0.15, 0.2) is 41.7 Å². The summed E-state index contributed by atoms with van der Waals surface area (Å²) >= 11 is 0. The number of hydrogen-bond donors (Lipinski definition) is 2. The molecule has 260 valence electrons. The zero-order chi connectivity index (χ0) is 37.2. The van der Waals surface area contributed by atoms with E-state index >= 15 is 4.79 Å². The number of hydrogen-bond acceptors (Lipinski definition) is 10. The maximum absolute atomic E-state index is 15.8. The second kappa shape index (κ2) is 12.4. The second-order valence-corrected chi connectivity index (χ2v) is 19.4. The average molecular weight is 676 g/mol. The molecular formula is C36H52O10Si. The molecular weight excluding hydrogens is 620 g/mol. The summed E-state index contributed by atoms with van der Waals surface area (Å²) < 4.78 is 55.7. The predicted octanol–water partition coefficient (Wildman–Crippen LogP) is 4.97. The van der Waals surface area contributed by atoms with E-state index in [2.05, 4.69) is 0 Å². The topological polar surface area (TPSA) is 138 Å². The average Bonchev–Trinajstić information content (AvgIpc) is 3.04. The Hall–Kier alpha value is -2.57. The first-order valence-electron chi connectivity index (χ1n) is 18.3. The van der Waals surface area contributed by atoms with Gasteiger partial charge in [0.05, 0.1) is 39.8 Å². The Morgan fingerprint density at radius 2 is 1.74 bits per heavy atom. The number of aliphatic hydroxyl groups excluding tert-OH is 1. The number of esters is 2. The van der Waals surface area contributed by atoms with Gasteiger partial charge < -0.3 is 33.6 Å². The fourth-order valence-electron chi connectivity index (χ4n) is 9.08. The molecule has 1 unspecified atom stereocenters. The second-order valence-electron chi connectivity index (χ2n) is 14.7. The largest absolute Gasteiger partial charge is 0.541 e. The van der Waals surface area contributed by atoms with Crippen molar-refractivity contribution < 1.29 is 52.1 Å². The molecule has 2 bridgehead atoms. The van der Waals surface area contributed by atoms with Crippen LogP contribution in [-0.2, 0) is 33.0 Å². The number of ketones is 1. The van der Waals surface area contributed by atoms with Crippen LogP contribution in [0.2, 0.25) is 18.1 Å². The Balaban J connectivity index is 1.92. The zero-order valence-electron chi connectivity index (χ0n) is 31.8. The molecule has 0 amide bonds. The van der Waals surface area contributed by atoms with E-state index in [0.717, 1.165) is 0 Å². The van der Waals surface area contributed by atoms with Crippen molar-refractivity contribution in [3.8, 4) is 0 Å². The van der Waals surface area contributed by atoms with Crippen LogP contribution in [0, 0.1) is 22.7 Å². The third-order valence-corrected chi connectivity index (χ3v) is 16.8. The van der Waals surface area contributed by atoms with Crippen LogP contribution in [0.5, 0.6) is 0 Å². The molecule has 1 saturated heterocycles. The van der Waals surface area contributed by atoms with Crippen molar-refractivity contribution in [3.05, 3.63) is 47.2 Å². The summed E-state index contributed by atoms with van der Waals surface area (Å²) in [5.41, 5.74) is -6.53. The van der Waals surface area contributed by atoms with Gasteiger partial charge in [-0.15, -0.1) is 0 Å². The smallest absolute Gasteiger partial charge is 0.338 e. The van der Waals surface area contributed by atoms with E-state index < -0.39 is 91.4 Å². The Morgan fingerprint density at radius 1 is 1.11 bits per heavy atom. The van der Waals surface area contributed by atoms with Crippen LogP contribution < -0.4 is 0 Å². The molecule has 4 aliphatic rings. The van der Waals surface area contributed by atoms with E-state index in [9.17, 15) is 19.8 Å². The molecule has 2 saturated carbocycles. The maximum atomic E-state index is 15.8. The molecule has 1 heterocycles. The predicted molar refractivity (Wildman–Crippen MR) is 176 cm³/mol. The van der Waals surface area contributed by atoms with E-state index in [-0.39, 0.29) is 30.8 Å². The lowest BCUT2D eigenvalue weighted by Crippen LogP contribution is -2.81. The Labute approximate surface area is 283 Å². The van der Waals surface area contributed by atoms with Gasteiger partial charge >= 0.3 is 11.9 Å². The molecule has 9 atom stereocenters. The fourth-order valence-corrected chi connectivity index (χ4v) is 11.7. The molecule has 1 aromatic rings. The van der Waals surface area contributed by atoms with Crippen LogP contribution in [-0.4, -0.2) is 85.5 Å². The summed E-state index contributed by atoms with van der Waals surface area (Å²) in [6, 6.07) is 10.1. The van der Waals surface area contributed by atoms with E-state index in [4.69, 9.17) is 27.5 Å². The molecule has 5 rings (SSSR count). The molecule has 1 aliphatic heterocycles. The van der Waals surface area contributed by atoms with E-state index in [1.807, 2.05) is 20.8 Å². The first kappa shape index (κ1) is 31.7. The van der Waals surface area contributed by atoms with Crippen molar-refractivity contribution in [2.75, 3.05) is 13.6 Å². The highest BCUT2D eigenvalue weighted by Gasteiger charge is 2.78. The number of rotatable bonds is 9. The van der Waals surface area contributed by atoms with E-state index in [0.29, 0.717) is 23.7 Å². The first-order chi connectivity index (χ1) is 23.2. The van der Waals surface area contributed by atoms with Gasteiger partial charge in [-0.1, -0.05) is 59.7 Å². The van der Waals surface area contributed by atoms with Crippen molar-refractivity contribution in [2.24, 2.45) is 22.7 Å². The van der Waals surface area contributed by atoms with Gasteiger partial charge in [0.2, 0.25) is 5.78 Å². The van der Waals surface area contributed by atoms with E-state index in [1.54, 1.807) is 51.1 Å². The Morgan fingerprint density at radius 3 is 2.28 bits per heavy atom. The Bertz CT molecular complexity index is 1520. The van der Waals surface area contributed by atoms with Gasteiger partial charge in [-0.3, -0.25) is 9.59 Å². The minimum absolute atomic E-state index is 0.0342. The SMILES string of the molecule is [2H]C([2H])([2H])O[C@H]1C[C@H]2OC[C@@]2(OC(C)=O)[C@H]2[C@H](OC(=O)c3ccccc3)[C@]3(O)C[C@H](O)C(C)/C(=C(\O[Si](CC)(CC)CC)C(=O)[C@]12C)C3(C)C. The number of Topliss-reactive ketones (excluding diaryl/α,β-unsaturated/α-hetero) is 1. The number of methoxy groups -OCH3 is 1. The fraction of sp³-hybridized carbons (Fsp3) is 0.694. The Kier molecular flexibility index (Phi) is 8.35. The number of fused-ring (bicyclic) bond motifs is 5. The normalized spacial score (nSPS) is 40.6. The van der Waals surface area contributed by atoms with Gasteiger partial charge in [0, 0.05) is 38.1 Å². The van der Waals surface area contributed by atoms with Gasteiger partial charge in [0.25, 0.3) is 8.32 Å². The van der Waals surface area contributed by atoms with Crippen LogP contribution in [0.3, 0.4) is 0 Å². The first-order valence-corrected chi connectivity index (χ1v) is 19.3. The van der Waals surface area contributed by atoms with Crippen LogP contribution in [0.1, 0.15) is 82.7 Å². The lowest BCUT2D eigenvalue weighted by molar-refractivity contribution is -0.346. The van der Waals surface area contributed by atoms with Gasteiger partial charge in [-0.2, -0.15) is 0 Å². The molecule has 11 heteroatoms. The quantitative estimate of drug-likeness (QED) is 0.273. The molecule has 3 aliphatic carbocycles. The lowest BCUT2D eigenvalue weighted by Gasteiger charge is -2.67. The van der Waals surface area contributed by atoms with Gasteiger partial charge in [-0.25, -0.2) is 4.79 Å². The number of benzene rings is 1. The molecule has 1 aromatic carbocycles. The monoisotopic (exact) mass is 675 g/mol. The number of carbonyl (C=O) groups is 3. The lowest BCUT2D eigenvalue weighted by atomic mass is 9.45. The van der Waals surface area contributed by atoms with Crippen molar-refractivity contribution in [1.29, 1.82) is 0 Å². The van der Waals surface area contributed by atoms with E-state index in [1.165, 1.54) is 13.8 Å². The maximum Gasteiger partial charge on any atom is 0.338 e. The summed E-state index contributed by atoms with van der Waals surface area (Å²) in [5.74, 6) is -4.28. The summed E-state index contributed by atoms with van der Waals surface area (Å²) in [6.07, 6.45) is -5.62. The van der Waals surface area contributed by atoms with Crippen LogP contribution >= 0.6 is 0 Å². The number of allylic oxidation sites excluding steroid dienone is 1. The molecule has 0 spiro atoms. The van der Waals surface area contributed by atoms with Gasteiger partial charge in [0.15, 0.2) is 5.60 Å². The summed E-state index contributed by atoms with van der Waals surface area (Å²) in [4.78, 5) is 42.8. The molecule has 2 N–H and O–H groups in total. The summed E-state index contributed by atoms with van der Waals surface area (Å²) in [6.45, 7) is 13.8. The highest BCUT2D eigenvalue weighted by molar-refractivity contribution is 6.74. The molecule has 0 aromatic heterocycles. The highest BCUT2D eigenvalue weighted by Crippen LogP contribution is 2.65. The highest BCUT2D eigenvalue weighted by atomic mass is 28.4. The molecule has 3 fully saturated rings. The minimum Gasteiger partial charge on any atom is -0.541 e. The van der Waals surface area contributed by atoms with Crippen molar-refractivity contribution in [3.63, 3.8) is 0 Å². The van der Waals surface area contributed by atoms with Crippen LogP contribution in [0.4, 0.5) is 0 Å². The van der Waals surface area contributed by atoms with Gasteiger partial charge in [0.1, 0.15) is 23.6 Å². The third-order valence-electron chi connectivity index (χ3n) is 12.3. The summed E-state index contributed by atoms with van der Waals surface area (Å²) in [5, 5.41) is 25.1. The number of ether oxygens (including phenoxy) is 4. The molecule has 10 nitrogen and oxygen atoms in total. The minimum atomic E-state index is -2.97. The summed E-state index contributed by atoms with van der Waals surface area (Å²) in [7, 11) is -5.65.